The molecule has 1 aliphatic heterocycles. The fourth-order valence-electron chi connectivity index (χ4n) is 2.43. The van der Waals surface area contributed by atoms with Crippen LogP contribution >= 0.6 is 0 Å². The van der Waals surface area contributed by atoms with Gasteiger partial charge in [-0.3, -0.25) is 9.69 Å². The van der Waals surface area contributed by atoms with Crippen molar-refractivity contribution in [3.63, 3.8) is 0 Å². The van der Waals surface area contributed by atoms with Gasteiger partial charge in [-0.25, -0.2) is 0 Å². The largest absolute Gasteiger partial charge is 0.335 e. The Kier molecular flexibility index (Phi) is 4.56. The lowest BCUT2D eigenvalue weighted by atomic mass is 10.1. The molecule has 2 rings (SSSR count). The molecule has 1 unspecified atom stereocenters. The van der Waals surface area contributed by atoms with Crippen molar-refractivity contribution in [2.24, 2.45) is 0 Å². The second-order valence-electron chi connectivity index (χ2n) is 5.56. The maximum atomic E-state index is 12.0. The molecule has 0 spiro atoms. The van der Waals surface area contributed by atoms with Gasteiger partial charge in [0.2, 0.25) is 5.91 Å². The van der Waals surface area contributed by atoms with Crippen LogP contribution in [0.15, 0.2) is 12.2 Å². The predicted molar refractivity (Wildman–Crippen MR) is 73.4 cm³/mol. The first kappa shape index (κ1) is 14.0. The van der Waals surface area contributed by atoms with Gasteiger partial charge in [0.25, 0.3) is 0 Å². The number of hydrogen-bond acceptors (Lipinski definition) is 4. The Morgan fingerprint density at radius 3 is 2.74 bits per heavy atom. The summed E-state index contributed by atoms with van der Waals surface area (Å²) in [6, 6.07) is 2.79. The molecule has 5 nitrogen and oxygen atoms in total. The van der Waals surface area contributed by atoms with Gasteiger partial charge in [0.15, 0.2) is 0 Å². The van der Waals surface area contributed by atoms with Crippen molar-refractivity contribution in [2.75, 3.05) is 40.3 Å². The van der Waals surface area contributed by atoms with E-state index < -0.39 is 0 Å². The summed E-state index contributed by atoms with van der Waals surface area (Å²) >= 11 is 0. The SMILES string of the molecule is CN(C)C/C=C/C(=O)N1CCN(C2CC2)C(C#N)C1. The molecular weight excluding hydrogens is 240 g/mol. The highest BCUT2D eigenvalue weighted by atomic mass is 16.2. The highest BCUT2D eigenvalue weighted by Gasteiger charge is 2.38. The summed E-state index contributed by atoms with van der Waals surface area (Å²) in [5.74, 6) is 0.0255. The first-order chi connectivity index (χ1) is 9.11. The Morgan fingerprint density at radius 2 is 2.16 bits per heavy atom. The maximum absolute atomic E-state index is 12.0. The van der Waals surface area contributed by atoms with Crippen molar-refractivity contribution in [1.29, 1.82) is 5.26 Å². The van der Waals surface area contributed by atoms with Crippen molar-refractivity contribution in [1.82, 2.24) is 14.7 Å². The van der Waals surface area contributed by atoms with E-state index in [2.05, 4.69) is 11.0 Å². The summed E-state index contributed by atoms with van der Waals surface area (Å²) < 4.78 is 0. The second-order valence-corrected chi connectivity index (χ2v) is 5.56. The summed E-state index contributed by atoms with van der Waals surface area (Å²) in [6.07, 6.45) is 5.90. The Bertz CT molecular complexity index is 395. The number of hydrogen-bond donors (Lipinski definition) is 0. The highest BCUT2D eigenvalue weighted by molar-refractivity contribution is 5.87. The molecule has 0 aromatic carbocycles. The Morgan fingerprint density at radius 1 is 1.42 bits per heavy atom. The molecule has 104 valence electrons. The van der Waals surface area contributed by atoms with Gasteiger partial charge in [0.05, 0.1) is 6.07 Å². The number of carbonyl (C=O) groups excluding carboxylic acids is 1. The van der Waals surface area contributed by atoms with Crippen LogP contribution in [0.4, 0.5) is 0 Å². The molecule has 1 amide bonds. The first-order valence-corrected chi connectivity index (χ1v) is 6.87. The van der Waals surface area contributed by atoms with Crippen molar-refractivity contribution in [2.45, 2.75) is 24.9 Å². The number of likely N-dealkylation sites (N-methyl/N-ethyl adjacent to an activating group) is 1. The second kappa shape index (κ2) is 6.18. The minimum atomic E-state index is -0.132. The highest BCUT2D eigenvalue weighted by Crippen LogP contribution is 2.30. The van der Waals surface area contributed by atoms with Gasteiger partial charge in [-0.15, -0.1) is 0 Å². The van der Waals surface area contributed by atoms with Gasteiger partial charge < -0.3 is 9.80 Å². The van der Waals surface area contributed by atoms with Gasteiger partial charge in [-0.05, 0) is 26.9 Å². The minimum Gasteiger partial charge on any atom is -0.335 e. The summed E-state index contributed by atoms with van der Waals surface area (Å²) in [7, 11) is 3.93. The quantitative estimate of drug-likeness (QED) is 0.684. The Labute approximate surface area is 115 Å². The van der Waals surface area contributed by atoms with Crippen LogP contribution in [0.25, 0.3) is 0 Å². The van der Waals surface area contributed by atoms with E-state index in [1.165, 1.54) is 12.8 Å². The van der Waals surface area contributed by atoms with Crippen molar-refractivity contribution < 1.29 is 4.79 Å². The number of carbonyl (C=O) groups is 1. The molecule has 1 heterocycles. The number of piperazine rings is 1. The zero-order chi connectivity index (χ0) is 13.8. The maximum Gasteiger partial charge on any atom is 0.246 e. The number of amides is 1. The molecule has 1 saturated heterocycles. The van der Waals surface area contributed by atoms with Crippen LogP contribution in [0.3, 0.4) is 0 Å². The molecule has 1 aliphatic carbocycles. The molecule has 0 aromatic heterocycles. The van der Waals surface area contributed by atoms with E-state index in [4.69, 9.17) is 0 Å². The third-order valence-electron chi connectivity index (χ3n) is 3.63. The normalized spacial score (nSPS) is 24.9. The summed E-state index contributed by atoms with van der Waals surface area (Å²) in [5.41, 5.74) is 0. The van der Waals surface area contributed by atoms with Crippen LogP contribution in [0.5, 0.6) is 0 Å². The fourth-order valence-corrected chi connectivity index (χ4v) is 2.43. The average Bonchev–Trinajstić information content (AvgIpc) is 3.21. The molecule has 2 fully saturated rings. The van der Waals surface area contributed by atoms with Gasteiger partial charge >= 0.3 is 0 Å². The zero-order valence-electron chi connectivity index (χ0n) is 11.7. The lowest BCUT2D eigenvalue weighted by molar-refractivity contribution is -0.128. The van der Waals surface area contributed by atoms with E-state index in [1.807, 2.05) is 25.1 Å². The zero-order valence-corrected chi connectivity index (χ0v) is 11.7. The minimum absolute atomic E-state index is 0.0255. The molecule has 19 heavy (non-hydrogen) atoms. The predicted octanol–water partition coefficient (Wildman–Crippen LogP) is 0.303. The van der Waals surface area contributed by atoms with Gasteiger partial charge in [0.1, 0.15) is 6.04 Å². The van der Waals surface area contributed by atoms with Crippen LogP contribution < -0.4 is 0 Å². The Hall–Kier alpha value is -1.38. The molecule has 1 atom stereocenters. The van der Waals surface area contributed by atoms with E-state index in [0.29, 0.717) is 12.6 Å². The third kappa shape index (κ3) is 3.79. The first-order valence-electron chi connectivity index (χ1n) is 6.87. The van der Waals surface area contributed by atoms with E-state index >= 15 is 0 Å². The third-order valence-corrected chi connectivity index (χ3v) is 3.63. The van der Waals surface area contributed by atoms with Crippen molar-refractivity contribution >= 4 is 5.91 Å². The molecule has 0 N–H and O–H groups in total. The van der Waals surface area contributed by atoms with E-state index in [9.17, 15) is 10.1 Å². The molecule has 2 aliphatic rings. The van der Waals surface area contributed by atoms with Crippen LogP contribution in [-0.2, 0) is 4.79 Å². The molecule has 5 heteroatoms. The molecule has 0 bridgehead atoms. The lowest BCUT2D eigenvalue weighted by Crippen LogP contribution is -2.54. The molecule has 0 aromatic rings. The van der Waals surface area contributed by atoms with Crippen molar-refractivity contribution in [3.8, 4) is 6.07 Å². The summed E-state index contributed by atoms with van der Waals surface area (Å²) in [4.78, 5) is 18.1. The topological polar surface area (TPSA) is 50.6 Å². The number of rotatable bonds is 4. The van der Waals surface area contributed by atoms with Crippen LogP contribution in [0.2, 0.25) is 0 Å². The summed E-state index contributed by atoms with van der Waals surface area (Å²) in [6.45, 7) is 2.86. The number of nitriles is 1. The smallest absolute Gasteiger partial charge is 0.246 e. The molecule has 1 saturated carbocycles. The van der Waals surface area contributed by atoms with Crippen molar-refractivity contribution in [3.05, 3.63) is 12.2 Å². The fraction of sp³-hybridized carbons (Fsp3) is 0.714. The standard InChI is InChI=1S/C14H22N4O/c1-16(2)7-3-4-14(19)17-8-9-18(12-5-6-12)13(10-15)11-17/h3-4,12-13H,5-9,11H2,1-2H3/b4-3+. The monoisotopic (exact) mass is 262 g/mol. The Balaban J connectivity index is 1.87. The molecular formula is C14H22N4O. The van der Waals surface area contributed by atoms with Gasteiger partial charge in [-0.2, -0.15) is 5.26 Å². The number of nitrogens with zero attached hydrogens (tertiary/aromatic N) is 4. The van der Waals surface area contributed by atoms with Crippen LogP contribution in [0.1, 0.15) is 12.8 Å². The summed E-state index contributed by atoms with van der Waals surface area (Å²) in [5, 5.41) is 9.23. The molecule has 0 radical (unpaired) electrons. The lowest BCUT2D eigenvalue weighted by Gasteiger charge is -2.38. The van der Waals surface area contributed by atoms with Gasteiger partial charge in [0, 0.05) is 38.3 Å². The van der Waals surface area contributed by atoms with Crippen LogP contribution in [-0.4, -0.2) is 73.0 Å². The van der Waals surface area contributed by atoms with Crippen LogP contribution in [0, 0.1) is 11.3 Å². The average molecular weight is 262 g/mol. The van der Waals surface area contributed by atoms with Gasteiger partial charge in [-0.1, -0.05) is 6.08 Å². The van der Waals surface area contributed by atoms with E-state index in [1.54, 1.807) is 11.0 Å². The van der Waals surface area contributed by atoms with E-state index in [-0.39, 0.29) is 11.9 Å². The van der Waals surface area contributed by atoms with E-state index in [0.717, 1.165) is 19.6 Å².